The summed E-state index contributed by atoms with van der Waals surface area (Å²) in [5, 5.41) is 2.61. The molecule has 0 fully saturated rings. The van der Waals surface area contributed by atoms with Crippen LogP contribution in [-0.4, -0.2) is 4.57 Å². The van der Waals surface area contributed by atoms with Crippen molar-refractivity contribution < 1.29 is 0 Å². The molecule has 0 radical (unpaired) electrons. The summed E-state index contributed by atoms with van der Waals surface area (Å²) in [5.74, 6) is 0. The summed E-state index contributed by atoms with van der Waals surface area (Å²) in [6.07, 6.45) is 2.06. The third-order valence-corrected chi connectivity index (χ3v) is 4.08. The van der Waals surface area contributed by atoms with Crippen LogP contribution in [0.25, 0.3) is 10.9 Å². The smallest absolute Gasteiger partial charge is 0.0491 e. The van der Waals surface area contributed by atoms with Gasteiger partial charge < -0.3 is 10.3 Å². The molecule has 2 nitrogen and oxygen atoms in total. The molecule has 2 aromatic carbocycles. The molecule has 0 spiro atoms. The molecule has 2 N–H and O–H groups in total. The van der Waals surface area contributed by atoms with Crippen molar-refractivity contribution in [3.05, 3.63) is 69.8 Å². The molecule has 3 rings (SSSR count). The molecule has 4 heteroatoms. The van der Waals surface area contributed by atoms with Crippen LogP contribution in [0.5, 0.6) is 0 Å². The van der Waals surface area contributed by atoms with Crippen LogP contribution in [0.4, 0.5) is 0 Å². The molecule has 0 amide bonds. The van der Waals surface area contributed by atoms with Crippen molar-refractivity contribution in [2.75, 3.05) is 0 Å². The minimum atomic E-state index is 0.541. The van der Waals surface area contributed by atoms with Crippen molar-refractivity contribution in [1.82, 2.24) is 4.57 Å². The summed E-state index contributed by atoms with van der Waals surface area (Å²) in [5.41, 5.74) is 9.09. The summed E-state index contributed by atoms with van der Waals surface area (Å²) in [6, 6.07) is 13.8. The fourth-order valence-corrected chi connectivity index (χ4v) is 2.82. The second-order valence-corrected chi connectivity index (χ2v) is 5.58. The molecule has 0 aliphatic carbocycles. The fourth-order valence-electron chi connectivity index (χ4n) is 2.45. The number of nitrogens with zero attached hydrogens (tertiary/aromatic N) is 1. The molecule has 0 aliphatic heterocycles. The van der Waals surface area contributed by atoms with Crippen molar-refractivity contribution in [2.45, 2.75) is 13.1 Å². The predicted molar refractivity (Wildman–Crippen MR) is 85.4 cm³/mol. The van der Waals surface area contributed by atoms with Gasteiger partial charge in [0.05, 0.1) is 0 Å². The second kappa shape index (κ2) is 5.49. The van der Waals surface area contributed by atoms with Crippen molar-refractivity contribution >= 4 is 34.1 Å². The highest BCUT2D eigenvalue weighted by Gasteiger charge is 2.07. The van der Waals surface area contributed by atoms with Gasteiger partial charge in [0.15, 0.2) is 0 Å². The van der Waals surface area contributed by atoms with Gasteiger partial charge in [-0.15, -0.1) is 0 Å². The summed E-state index contributed by atoms with van der Waals surface area (Å²) in [7, 11) is 0. The Balaban J connectivity index is 2.05. The van der Waals surface area contributed by atoms with Crippen LogP contribution in [0.15, 0.2) is 48.7 Å². The van der Waals surface area contributed by atoms with Crippen LogP contribution in [-0.2, 0) is 13.1 Å². The molecule has 0 atom stereocenters. The topological polar surface area (TPSA) is 30.9 Å². The lowest BCUT2D eigenvalue weighted by Crippen LogP contribution is -2.00. The van der Waals surface area contributed by atoms with E-state index in [4.69, 9.17) is 28.9 Å². The molecular weight excluding hydrogens is 291 g/mol. The Morgan fingerprint density at radius 3 is 2.65 bits per heavy atom. The molecule has 0 bridgehead atoms. The van der Waals surface area contributed by atoms with Crippen LogP contribution >= 0.6 is 23.2 Å². The summed E-state index contributed by atoms with van der Waals surface area (Å²) < 4.78 is 2.16. The largest absolute Gasteiger partial charge is 0.343 e. The first-order valence-corrected chi connectivity index (χ1v) is 7.15. The fraction of sp³-hybridized carbons (Fsp3) is 0.125. The number of halogens is 2. The van der Waals surface area contributed by atoms with Gasteiger partial charge in [0, 0.05) is 40.2 Å². The quantitative estimate of drug-likeness (QED) is 0.761. The first-order valence-electron chi connectivity index (χ1n) is 6.40. The van der Waals surface area contributed by atoms with E-state index < -0.39 is 0 Å². The van der Waals surface area contributed by atoms with Crippen molar-refractivity contribution in [3.8, 4) is 0 Å². The third kappa shape index (κ3) is 2.42. The van der Waals surface area contributed by atoms with Crippen LogP contribution in [0, 0.1) is 0 Å². The second-order valence-electron chi connectivity index (χ2n) is 4.73. The number of hydrogen-bond acceptors (Lipinski definition) is 1. The highest BCUT2D eigenvalue weighted by atomic mass is 35.5. The van der Waals surface area contributed by atoms with E-state index in [-0.39, 0.29) is 0 Å². The van der Waals surface area contributed by atoms with E-state index in [1.807, 2.05) is 18.2 Å². The minimum absolute atomic E-state index is 0.541. The lowest BCUT2D eigenvalue weighted by Gasteiger charge is -2.09. The van der Waals surface area contributed by atoms with Crippen molar-refractivity contribution in [2.24, 2.45) is 5.73 Å². The standard InChI is InChI=1S/C16H14Cl2N2/c17-13-4-5-15(18)12(8-13)10-20-7-6-14-11(9-19)2-1-3-16(14)20/h1-8H,9-10,19H2. The minimum Gasteiger partial charge on any atom is -0.343 e. The van der Waals surface area contributed by atoms with E-state index >= 15 is 0 Å². The summed E-state index contributed by atoms with van der Waals surface area (Å²) in [4.78, 5) is 0. The molecule has 1 heterocycles. The Morgan fingerprint density at radius 2 is 1.85 bits per heavy atom. The van der Waals surface area contributed by atoms with E-state index in [0.29, 0.717) is 18.1 Å². The molecule has 0 saturated carbocycles. The number of nitrogens with two attached hydrogens (primary N) is 1. The van der Waals surface area contributed by atoms with Gasteiger partial charge in [0.1, 0.15) is 0 Å². The lowest BCUT2D eigenvalue weighted by molar-refractivity contribution is 0.837. The number of aromatic nitrogens is 1. The van der Waals surface area contributed by atoms with E-state index in [9.17, 15) is 0 Å². The van der Waals surface area contributed by atoms with Crippen molar-refractivity contribution in [1.29, 1.82) is 0 Å². The number of hydrogen-bond donors (Lipinski definition) is 1. The zero-order chi connectivity index (χ0) is 14.1. The molecule has 0 saturated heterocycles. The Bertz CT molecular complexity index is 762. The van der Waals surface area contributed by atoms with Gasteiger partial charge in [0.2, 0.25) is 0 Å². The van der Waals surface area contributed by atoms with E-state index in [1.165, 1.54) is 5.39 Å². The van der Waals surface area contributed by atoms with E-state index in [1.54, 1.807) is 6.07 Å². The third-order valence-electron chi connectivity index (χ3n) is 3.47. The SMILES string of the molecule is NCc1cccc2c1ccn2Cc1cc(Cl)ccc1Cl. The summed E-state index contributed by atoms with van der Waals surface area (Å²) in [6.45, 7) is 1.23. The Morgan fingerprint density at radius 1 is 1.00 bits per heavy atom. The first-order chi connectivity index (χ1) is 9.69. The van der Waals surface area contributed by atoms with Crippen LogP contribution in [0.3, 0.4) is 0 Å². The van der Waals surface area contributed by atoms with E-state index in [2.05, 4.69) is 29.0 Å². The molecular formula is C16H14Cl2N2. The van der Waals surface area contributed by atoms with Gasteiger partial charge in [-0.2, -0.15) is 0 Å². The summed E-state index contributed by atoms with van der Waals surface area (Å²) >= 11 is 12.3. The maximum atomic E-state index is 6.23. The predicted octanol–water partition coefficient (Wildman–Crippen LogP) is 4.46. The normalized spacial score (nSPS) is 11.2. The van der Waals surface area contributed by atoms with Gasteiger partial charge in [-0.1, -0.05) is 35.3 Å². The molecule has 20 heavy (non-hydrogen) atoms. The molecule has 0 aliphatic rings. The Hall–Kier alpha value is -1.48. The zero-order valence-electron chi connectivity index (χ0n) is 10.8. The average molecular weight is 305 g/mol. The average Bonchev–Trinajstić information content (AvgIpc) is 2.86. The highest BCUT2D eigenvalue weighted by molar-refractivity contribution is 6.33. The van der Waals surface area contributed by atoms with Crippen LogP contribution in [0.2, 0.25) is 10.0 Å². The number of fused-ring (bicyclic) bond motifs is 1. The molecule has 3 aromatic rings. The van der Waals surface area contributed by atoms with Gasteiger partial charge >= 0.3 is 0 Å². The van der Waals surface area contributed by atoms with Gasteiger partial charge in [-0.3, -0.25) is 0 Å². The maximum absolute atomic E-state index is 6.23. The monoisotopic (exact) mass is 304 g/mol. The Labute approximate surface area is 127 Å². The highest BCUT2D eigenvalue weighted by Crippen LogP contribution is 2.25. The molecule has 102 valence electrons. The van der Waals surface area contributed by atoms with Gasteiger partial charge in [-0.25, -0.2) is 0 Å². The van der Waals surface area contributed by atoms with E-state index in [0.717, 1.165) is 21.7 Å². The maximum Gasteiger partial charge on any atom is 0.0491 e. The first kappa shape index (κ1) is 13.5. The van der Waals surface area contributed by atoms with Crippen LogP contribution < -0.4 is 5.73 Å². The van der Waals surface area contributed by atoms with Crippen molar-refractivity contribution in [3.63, 3.8) is 0 Å². The van der Waals surface area contributed by atoms with Gasteiger partial charge in [-0.05, 0) is 41.5 Å². The lowest BCUT2D eigenvalue weighted by atomic mass is 10.1. The zero-order valence-corrected chi connectivity index (χ0v) is 12.3. The Kier molecular flexibility index (Phi) is 3.70. The van der Waals surface area contributed by atoms with Crippen LogP contribution in [0.1, 0.15) is 11.1 Å². The van der Waals surface area contributed by atoms with Gasteiger partial charge in [0.25, 0.3) is 0 Å². The number of rotatable bonds is 3. The molecule has 0 unspecified atom stereocenters. The molecule has 1 aromatic heterocycles. The number of benzene rings is 2.